The molecule has 2 aromatic carbocycles. The maximum atomic E-state index is 12.8. The Kier molecular flexibility index (Phi) is 5.55. The first-order chi connectivity index (χ1) is 13.3. The molecule has 1 N–H and O–H groups in total. The summed E-state index contributed by atoms with van der Waals surface area (Å²) in [5.74, 6) is 0.400. The molecule has 1 aliphatic heterocycles. The Balaban J connectivity index is 2.04. The van der Waals surface area contributed by atoms with E-state index in [1.165, 1.54) is 6.08 Å². The molecule has 0 radical (unpaired) electrons. The van der Waals surface area contributed by atoms with Crippen molar-refractivity contribution in [2.24, 2.45) is 0 Å². The third-order valence-corrected chi connectivity index (χ3v) is 4.61. The number of fused-ring (bicyclic) bond motifs is 1. The molecule has 3 nitrogen and oxygen atoms in total. The number of carbonyl (C=O) groups excluding carboxylic acids is 1. The summed E-state index contributed by atoms with van der Waals surface area (Å²) in [6.07, 6.45) is 9.71. The molecule has 0 atom stereocenters. The van der Waals surface area contributed by atoms with Gasteiger partial charge in [-0.25, -0.2) is 0 Å². The van der Waals surface area contributed by atoms with Crippen molar-refractivity contribution in [1.82, 2.24) is 0 Å². The van der Waals surface area contributed by atoms with Gasteiger partial charge in [-0.15, -0.1) is 0 Å². The summed E-state index contributed by atoms with van der Waals surface area (Å²) in [6, 6.07) is 11.3. The second-order valence-corrected chi connectivity index (χ2v) is 7.80. The highest BCUT2D eigenvalue weighted by Crippen LogP contribution is 2.41. The molecule has 144 valence electrons. The van der Waals surface area contributed by atoms with Crippen molar-refractivity contribution in [2.45, 2.75) is 39.7 Å². The Morgan fingerprint density at radius 3 is 2.57 bits per heavy atom. The second-order valence-electron chi connectivity index (χ2n) is 7.80. The molecule has 2 aromatic rings. The van der Waals surface area contributed by atoms with E-state index in [0.717, 1.165) is 16.7 Å². The van der Waals surface area contributed by atoms with Crippen molar-refractivity contribution in [1.29, 1.82) is 0 Å². The number of hydrogen-bond acceptors (Lipinski definition) is 3. The Labute approximate surface area is 166 Å². The van der Waals surface area contributed by atoms with Crippen molar-refractivity contribution in [3.8, 4) is 11.5 Å². The molecule has 1 heterocycles. The minimum Gasteiger partial charge on any atom is -0.507 e. The lowest BCUT2D eigenvalue weighted by Crippen LogP contribution is -2.28. The van der Waals surface area contributed by atoms with Gasteiger partial charge in [0.25, 0.3) is 0 Å². The van der Waals surface area contributed by atoms with Gasteiger partial charge in [0.2, 0.25) is 0 Å². The van der Waals surface area contributed by atoms with Crippen LogP contribution < -0.4 is 4.74 Å². The van der Waals surface area contributed by atoms with Gasteiger partial charge in [-0.3, -0.25) is 4.79 Å². The fraction of sp³-hybridized carbons (Fsp3) is 0.240. The molecule has 3 rings (SSSR count). The van der Waals surface area contributed by atoms with Crippen molar-refractivity contribution in [3.63, 3.8) is 0 Å². The summed E-state index contributed by atoms with van der Waals surface area (Å²) >= 11 is 0. The molecular weight excluding hydrogens is 348 g/mol. The van der Waals surface area contributed by atoms with Crippen LogP contribution in [-0.4, -0.2) is 16.5 Å². The lowest BCUT2D eigenvalue weighted by molar-refractivity contribution is 0.104. The van der Waals surface area contributed by atoms with E-state index >= 15 is 0 Å². The summed E-state index contributed by atoms with van der Waals surface area (Å²) in [7, 11) is 0. The number of benzene rings is 2. The third-order valence-electron chi connectivity index (χ3n) is 4.61. The number of rotatable bonds is 5. The molecule has 1 aliphatic rings. The number of ketones is 1. The third kappa shape index (κ3) is 4.42. The van der Waals surface area contributed by atoms with E-state index in [1.54, 1.807) is 12.1 Å². The first-order valence-electron chi connectivity index (χ1n) is 9.45. The van der Waals surface area contributed by atoms with Crippen LogP contribution in [0.4, 0.5) is 0 Å². The van der Waals surface area contributed by atoms with Crippen molar-refractivity contribution in [2.75, 3.05) is 0 Å². The van der Waals surface area contributed by atoms with E-state index in [1.807, 2.05) is 76.3 Å². The fourth-order valence-corrected chi connectivity index (χ4v) is 3.07. The molecule has 0 fully saturated rings. The van der Waals surface area contributed by atoms with Crippen LogP contribution in [0, 0.1) is 0 Å². The van der Waals surface area contributed by atoms with Crippen LogP contribution in [0.2, 0.25) is 0 Å². The smallest absolute Gasteiger partial charge is 0.189 e. The lowest BCUT2D eigenvalue weighted by atomic mass is 9.93. The molecule has 0 aromatic heterocycles. The van der Waals surface area contributed by atoms with Crippen LogP contribution in [0.25, 0.3) is 12.2 Å². The van der Waals surface area contributed by atoms with Gasteiger partial charge in [-0.2, -0.15) is 0 Å². The maximum Gasteiger partial charge on any atom is 0.189 e. The van der Waals surface area contributed by atoms with Gasteiger partial charge in [0.05, 0.1) is 5.56 Å². The summed E-state index contributed by atoms with van der Waals surface area (Å²) in [6.45, 7) is 7.95. The number of ether oxygens (including phenoxy) is 1. The van der Waals surface area contributed by atoms with E-state index in [4.69, 9.17) is 4.74 Å². The Hall–Kier alpha value is -3.07. The number of phenols is 1. The zero-order valence-corrected chi connectivity index (χ0v) is 16.8. The lowest BCUT2D eigenvalue weighted by Gasteiger charge is -2.30. The quantitative estimate of drug-likeness (QED) is 0.398. The van der Waals surface area contributed by atoms with Crippen LogP contribution in [0.3, 0.4) is 0 Å². The number of carbonyl (C=O) groups is 1. The largest absolute Gasteiger partial charge is 0.507 e. The van der Waals surface area contributed by atoms with Gasteiger partial charge in [0, 0.05) is 11.1 Å². The fourth-order valence-electron chi connectivity index (χ4n) is 3.07. The van der Waals surface area contributed by atoms with Gasteiger partial charge >= 0.3 is 0 Å². The Bertz CT molecular complexity index is 973. The molecule has 0 aliphatic carbocycles. The normalized spacial score (nSPS) is 14.4. The Morgan fingerprint density at radius 2 is 1.89 bits per heavy atom. The summed E-state index contributed by atoms with van der Waals surface area (Å²) in [5.41, 5.74) is 3.36. The molecule has 0 saturated heterocycles. The van der Waals surface area contributed by atoms with Crippen LogP contribution in [0.15, 0.2) is 60.2 Å². The molecule has 0 bridgehead atoms. The first-order valence-corrected chi connectivity index (χ1v) is 9.45. The topological polar surface area (TPSA) is 46.5 Å². The standard InChI is InChI=1S/C25H26O3/c1-17(2)10-12-20-23(27)21(16-19-14-15-25(3,4)28-24(19)20)22(26)13-11-18-8-6-5-7-9-18/h5-11,13-16,27H,12H2,1-4H3/b13-11+. The van der Waals surface area contributed by atoms with Crippen LogP contribution in [0.5, 0.6) is 11.5 Å². The number of hydrogen-bond donors (Lipinski definition) is 1. The molecule has 28 heavy (non-hydrogen) atoms. The van der Waals surface area contributed by atoms with E-state index in [-0.39, 0.29) is 17.1 Å². The first kappa shape index (κ1) is 19.7. The van der Waals surface area contributed by atoms with Crippen molar-refractivity contribution >= 4 is 17.9 Å². The zero-order valence-electron chi connectivity index (χ0n) is 16.8. The van der Waals surface area contributed by atoms with E-state index in [2.05, 4.69) is 0 Å². The highest BCUT2D eigenvalue weighted by molar-refractivity contribution is 6.09. The average molecular weight is 374 g/mol. The SMILES string of the molecule is CC(C)=CCc1c(O)c(C(=O)/C=C/c2ccccc2)cc2c1OC(C)(C)C=C2. The molecule has 0 amide bonds. The van der Waals surface area contributed by atoms with Gasteiger partial charge in [-0.05, 0) is 57.9 Å². The summed E-state index contributed by atoms with van der Waals surface area (Å²) in [5, 5.41) is 10.9. The Morgan fingerprint density at radius 1 is 1.18 bits per heavy atom. The maximum absolute atomic E-state index is 12.8. The minimum atomic E-state index is -0.460. The summed E-state index contributed by atoms with van der Waals surface area (Å²) in [4.78, 5) is 12.8. The summed E-state index contributed by atoms with van der Waals surface area (Å²) < 4.78 is 6.12. The van der Waals surface area contributed by atoms with E-state index < -0.39 is 5.60 Å². The van der Waals surface area contributed by atoms with Gasteiger partial charge in [-0.1, -0.05) is 54.1 Å². The monoisotopic (exact) mass is 374 g/mol. The predicted octanol–water partition coefficient (Wildman–Crippen LogP) is 5.98. The predicted molar refractivity (Wildman–Crippen MR) is 115 cm³/mol. The molecule has 0 saturated carbocycles. The van der Waals surface area contributed by atoms with Crippen LogP contribution in [0.1, 0.15) is 54.7 Å². The number of aromatic hydroxyl groups is 1. The number of allylic oxidation sites excluding steroid dienone is 3. The second kappa shape index (κ2) is 7.89. The van der Waals surface area contributed by atoms with Crippen LogP contribution >= 0.6 is 0 Å². The average Bonchev–Trinajstić information content (AvgIpc) is 2.65. The molecule has 3 heteroatoms. The van der Waals surface area contributed by atoms with E-state index in [0.29, 0.717) is 17.7 Å². The number of phenolic OH excluding ortho intramolecular Hbond substituents is 1. The molecular formula is C25H26O3. The van der Waals surface area contributed by atoms with Crippen molar-refractivity contribution in [3.05, 3.63) is 82.5 Å². The van der Waals surface area contributed by atoms with Gasteiger partial charge in [0.15, 0.2) is 5.78 Å². The highest BCUT2D eigenvalue weighted by Gasteiger charge is 2.27. The highest BCUT2D eigenvalue weighted by atomic mass is 16.5. The van der Waals surface area contributed by atoms with Gasteiger partial charge in [0.1, 0.15) is 17.1 Å². The van der Waals surface area contributed by atoms with E-state index in [9.17, 15) is 9.90 Å². The van der Waals surface area contributed by atoms with Gasteiger partial charge < -0.3 is 9.84 Å². The molecule has 0 unspecified atom stereocenters. The van der Waals surface area contributed by atoms with Crippen LogP contribution in [-0.2, 0) is 6.42 Å². The zero-order chi connectivity index (χ0) is 20.3. The van der Waals surface area contributed by atoms with Crippen molar-refractivity contribution < 1.29 is 14.6 Å². The minimum absolute atomic E-state index is 0.00920. The molecule has 0 spiro atoms.